The number of nitrogens with one attached hydrogen (secondary N) is 2. The first kappa shape index (κ1) is 21.3. The Morgan fingerprint density at radius 3 is 2.39 bits per heavy atom. The molecule has 10 heteroatoms. The highest BCUT2D eigenvalue weighted by Gasteiger charge is 2.36. The molecule has 2 N–H and O–H groups in total. The summed E-state index contributed by atoms with van der Waals surface area (Å²) in [5.41, 5.74) is -1.78. The predicted molar refractivity (Wildman–Crippen MR) is 91.1 cm³/mol. The SMILES string of the molecule is CCOC(=O)C1=C(COC(=O)c2ccccc2C(F)(F)F)NC(=O)NC1CC. The third-order valence-corrected chi connectivity index (χ3v) is 3.95. The summed E-state index contributed by atoms with van der Waals surface area (Å²) in [4.78, 5) is 36.2. The maximum absolute atomic E-state index is 13.1. The number of urea groups is 1. The van der Waals surface area contributed by atoms with Crippen molar-refractivity contribution in [2.45, 2.75) is 32.5 Å². The van der Waals surface area contributed by atoms with Crippen LogP contribution in [0, 0.1) is 0 Å². The van der Waals surface area contributed by atoms with Gasteiger partial charge >= 0.3 is 24.1 Å². The van der Waals surface area contributed by atoms with Crippen LogP contribution < -0.4 is 10.6 Å². The number of hydrogen-bond donors (Lipinski definition) is 2. The number of halogens is 3. The van der Waals surface area contributed by atoms with Gasteiger partial charge < -0.3 is 20.1 Å². The molecule has 2 rings (SSSR count). The number of rotatable bonds is 6. The van der Waals surface area contributed by atoms with Gasteiger partial charge in [0.25, 0.3) is 0 Å². The molecule has 1 atom stereocenters. The van der Waals surface area contributed by atoms with Gasteiger partial charge in [-0.15, -0.1) is 0 Å². The van der Waals surface area contributed by atoms with Gasteiger partial charge in [-0.25, -0.2) is 14.4 Å². The summed E-state index contributed by atoms with van der Waals surface area (Å²) in [6.07, 6.45) is -4.38. The van der Waals surface area contributed by atoms with Crippen LogP contribution in [0.15, 0.2) is 35.5 Å². The van der Waals surface area contributed by atoms with E-state index in [1.807, 2.05) is 0 Å². The van der Waals surface area contributed by atoms with Gasteiger partial charge in [0, 0.05) is 0 Å². The molecule has 1 aromatic rings. The summed E-state index contributed by atoms with van der Waals surface area (Å²) in [6.45, 7) is 2.81. The van der Waals surface area contributed by atoms with Crippen molar-refractivity contribution in [3.05, 3.63) is 46.7 Å². The van der Waals surface area contributed by atoms with Gasteiger partial charge in [-0.2, -0.15) is 13.2 Å². The average Bonchev–Trinajstić information content (AvgIpc) is 2.64. The van der Waals surface area contributed by atoms with E-state index in [2.05, 4.69) is 10.6 Å². The van der Waals surface area contributed by atoms with E-state index in [1.54, 1.807) is 13.8 Å². The summed E-state index contributed by atoms with van der Waals surface area (Å²) in [6, 6.07) is 2.88. The van der Waals surface area contributed by atoms with E-state index < -0.39 is 47.9 Å². The van der Waals surface area contributed by atoms with E-state index >= 15 is 0 Å². The van der Waals surface area contributed by atoms with Crippen LogP contribution in [0.3, 0.4) is 0 Å². The van der Waals surface area contributed by atoms with Gasteiger partial charge in [-0.3, -0.25) is 0 Å². The van der Waals surface area contributed by atoms with Gasteiger partial charge in [0.05, 0.1) is 35.0 Å². The maximum Gasteiger partial charge on any atom is 0.417 e. The molecule has 7 nitrogen and oxygen atoms in total. The lowest BCUT2D eigenvalue weighted by Gasteiger charge is -2.28. The van der Waals surface area contributed by atoms with Crippen molar-refractivity contribution >= 4 is 18.0 Å². The van der Waals surface area contributed by atoms with Crippen LogP contribution in [-0.4, -0.2) is 37.2 Å². The molecule has 0 aromatic heterocycles. The molecule has 1 aromatic carbocycles. The Labute approximate surface area is 158 Å². The Morgan fingerprint density at radius 2 is 1.79 bits per heavy atom. The standard InChI is InChI=1S/C18H19F3N2O5/c1-3-12-14(16(25)27-4-2)13(23-17(26)22-12)9-28-15(24)10-7-5-6-8-11(10)18(19,20)21/h5-8,12H,3-4,9H2,1-2H3,(H2,22,23,26). The van der Waals surface area contributed by atoms with Crippen LogP contribution in [0.25, 0.3) is 0 Å². The number of hydrogen-bond acceptors (Lipinski definition) is 5. The molecule has 0 saturated carbocycles. The molecule has 28 heavy (non-hydrogen) atoms. The van der Waals surface area contributed by atoms with Crippen molar-refractivity contribution < 1.29 is 37.0 Å². The number of carbonyl (C=O) groups excluding carboxylic acids is 3. The van der Waals surface area contributed by atoms with Crippen LogP contribution in [0.2, 0.25) is 0 Å². The molecule has 0 aliphatic carbocycles. The number of alkyl halides is 3. The summed E-state index contributed by atoms with van der Waals surface area (Å²) in [7, 11) is 0. The zero-order chi connectivity index (χ0) is 20.9. The lowest BCUT2D eigenvalue weighted by Crippen LogP contribution is -2.51. The minimum Gasteiger partial charge on any atom is -0.463 e. The molecule has 1 aliphatic rings. The van der Waals surface area contributed by atoms with Gasteiger partial charge in [-0.05, 0) is 25.5 Å². The largest absolute Gasteiger partial charge is 0.463 e. The van der Waals surface area contributed by atoms with Gasteiger partial charge in [0.2, 0.25) is 0 Å². The second-order valence-corrected chi connectivity index (χ2v) is 5.79. The minimum atomic E-state index is -4.73. The van der Waals surface area contributed by atoms with Crippen LogP contribution in [-0.2, 0) is 20.4 Å². The number of amides is 2. The van der Waals surface area contributed by atoms with E-state index in [-0.39, 0.29) is 17.9 Å². The summed E-state index contributed by atoms with van der Waals surface area (Å²) >= 11 is 0. The van der Waals surface area contributed by atoms with E-state index in [0.29, 0.717) is 6.42 Å². The van der Waals surface area contributed by atoms with E-state index in [9.17, 15) is 27.6 Å². The highest BCUT2D eigenvalue weighted by Crippen LogP contribution is 2.32. The lowest BCUT2D eigenvalue weighted by molar-refractivity contribution is -0.139. The average molecular weight is 400 g/mol. The minimum absolute atomic E-state index is 0.0353. The molecule has 1 unspecified atom stereocenters. The van der Waals surface area contributed by atoms with Gasteiger partial charge in [0.15, 0.2) is 0 Å². The first-order valence-electron chi connectivity index (χ1n) is 8.50. The monoisotopic (exact) mass is 400 g/mol. The number of esters is 2. The van der Waals surface area contributed by atoms with Crippen LogP contribution in [0.1, 0.15) is 36.2 Å². The van der Waals surface area contributed by atoms with Crippen LogP contribution >= 0.6 is 0 Å². The van der Waals surface area contributed by atoms with Crippen molar-refractivity contribution in [3.8, 4) is 0 Å². The predicted octanol–water partition coefficient (Wildman–Crippen LogP) is 2.77. The molecule has 1 heterocycles. The molecule has 0 bridgehead atoms. The Bertz CT molecular complexity index is 805. The molecule has 0 spiro atoms. The fourth-order valence-electron chi connectivity index (χ4n) is 2.70. The molecule has 152 valence electrons. The van der Waals surface area contributed by atoms with Crippen LogP contribution in [0.4, 0.5) is 18.0 Å². The molecular weight excluding hydrogens is 381 g/mol. The molecule has 0 saturated heterocycles. The molecule has 0 radical (unpaired) electrons. The number of benzene rings is 1. The second kappa shape index (κ2) is 8.77. The summed E-state index contributed by atoms with van der Waals surface area (Å²) in [5.74, 6) is -1.95. The van der Waals surface area contributed by atoms with Crippen molar-refractivity contribution in [1.82, 2.24) is 10.6 Å². The molecule has 0 fully saturated rings. The maximum atomic E-state index is 13.1. The van der Waals surface area contributed by atoms with E-state index in [1.165, 1.54) is 6.07 Å². The molecule has 1 aliphatic heterocycles. The Hall–Kier alpha value is -3.04. The number of carbonyl (C=O) groups is 3. The third-order valence-electron chi connectivity index (χ3n) is 3.95. The topological polar surface area (TPSA) is 93.7 Å². The quantitative estimate of drug-likeness (QED) is 0.717. The third kappa shape index (κ3) is 4.81. The van der Waals surface area contributed by atoms with E-state index in [4.69, 9.17) is 9.47 Å². The fourth-order valence-corrected chi connectivity index (χ4v) is 2.70. The van der Waals surface area contributed by atoms with Crippen molar-refractivity contribution in [2.24, 2.45) is 0 Å². The first-order chi connectivity index (χ1) is 13.2. The van der Waals surface area contributed by atoms with Crippen molar-refractivity contribution in [2.75, 3.05) is 13.2 Å². The van der Waals surface area contributed by atoms with Crippen LogP contribution in [0.5, 0.6) is 0 Å². The smallest absolute Gasteiger partial charge is 0.417 e. The second-order valence-electron chi connectivity index (χ2n) is 5.79. The Kier molecular flexibility index (Phi) is 6.66. The molecular formula is C18H19F3N2O5. The Morgan fingerprint density at radius 1 is 1.11 bits per heavy atom. The first-order valence-corrected chi connectivity index (χ1v) is 8.50. The zero-order valence-electron chi connectivity index (χ0n) is 15.2. The van der Waals surface area contributed by atoms with Gasteiger partial charge in [0.1, 0.15) is 6.61 Å². The summed E-state index contributed by atoms with van der Waals surface area (Å²) < 4.78 is 49.1. The highest BCUT2D eigenvalue weighted by molar-refractivity contribution is 5.95. The number of ether oxygens (including phenoxy) is 2. The Balaban J connectivity index is 2.28. The van der Waals surface area contributed by atoms with Crippen molar-refractivity contribution in [1.29, 1.82) is 0 Å². The highest BCUT2D eigenvalue weighted by atomic mass is 19.4. The van der Waals surface area contributed by atoms with E-state index in [0.717, 1.165) is 18.2 Å². The lowest BCUT2D eigenvalue weighted by atomic mass is 10.0. The van der Waals surface area contributed by atoms with Crippen molar-refractivity contribution in [3.63, 3.8) is 0 Å². The summed E-state index contributed by atoms with van der Waals surface area (Å²) in [5, 5.41) is 4.89. The van der Waals surface area contributed by atoms with Gasteiger partial charge in [-0.1, -0.05) is 19.1 Å². The fraction of sp³-hybridized carbons (Fsp3) is 0.389. The zero-order valence-corrected chi connectivity index (χ0v) is 15.2. The normalized spacial score (nSPS) is 16.9. The molecule has 2 amide bonds.